The molecule has 0 aliphatic rings. The van der Waals surface area contributed by atoms with Crippen LogP contribution in [0, 0.1) is 0 Å². The van der Waals surface area contributed by atoms with E-state index in [2.05, 4.69) is 12.2 Å². The van der Waals surface area contributed by atoms with E-state index in [0.29, 0.717) is 17.7 Å². The van der Waals surface area contributed by atoms with Crippen molar-refractivity contribution >= 4 is 11.9 Å². The average Bonchev–Trinajstić information content (AvgIpc) is 2.80. The maximum absolute atomic E-state index is 12.3. The van der Waals surface area contributed by atoms with Gasteiger partial charge < -0.3 is 10.1 Å². The first-order valence-electron chi connectivity index (χ1n) is 12.7. The maximum atomic E-state index is 12.3. The van der Waals surface area contributed by atoms with Gasteiger partial charge in [-0.25, -0.2) is 4.79 Å². The van der Waals surface area contributed by atoms with Crippen molar-refractivity contribution in [1.29, 1.82) is 0 Å². The molecule has 4 heteroatoms. The van der Waals surface area contributed by atoms with E-state index >= 15 is 0 Å². The Bertz CT molecular complexity index is 600. The maximum Gasteiger partial charge on any atom is 0.338 e. The summed E-state index contributed by atoms with van der Waals surface area (Å²) in [7, 11) is 1.33. The van der Waals surface area contributed by atoms with Crippen LogP contribution in [0.25, 0.3) is 0 Å². The van der Waals surface area contributed by atoms with Crippen LogP contribution in [0.15, 0.2) is 24.3 Å². The number of rotatable bonds is 19. The second-order valence-electron chi connectivity index (χ2n) is 8.60. The lowest BCUT2D eigenvalue weighted by molar-refractivity contribution is 0.0596. The third-order valence-corrected chi connectivity index (χ3v) is 5.89. The lowest BCUT2D eigenvalue weighted by Crippen LogP contribution is -2.26. The van der Waals surface area contributed by atoms with Crippen molar-refractivity contribution in [2.75, 3.05) is 13.7 Å². The first-order chi connectivity index (χ1) is 15.2. The van der Waals surface area contributed by atoms with Gasteiger partial charge in [-0.1, -0.05) is 115 Å². The number of amides is 1. The SMILES string of the molecule is CCCCCCCCCCCCCCCCCCNC(=O)c1ccccc1C(=O)OC. The van der Waals surface area contributed by atoms with E-state index in [9.17, 15) is 9.59 Å². The fourth-order valence-electron chi connectivity index (χ4n) is 3.94. The molecule has 0 saturated carbocycles. The number of unbranched alkanes of at least 4 members (excludes halogenated alkanes) is 15. The number of ether oxygens (including phenoxy) is 1. The van der Waals surface area contributed by atoms with Crippen LogP contribution in [0.4, 0.5) is 0 Å². The molecule has 1 amide bonds. The fourth-order valence-corrected chi connectivity index (χ4v) is 3.94. The highest BCUT2D eigenvalue weighted by atomic mass is 16.5. The van der Waals surface area contributed by atoms with Gasteiger partial charge >= 0.3 is 5.97 Å². The van der Waals surface area contributed by atoms with Gasteiger partial charge in [-0.3, -0.25) is 4.79 Å². The Morgan fingerprint density at radius 1 is 0.677 bits per heavy atom. The standard InChI is InChI=1S/C27H45NO3/c1-3-4-5-6-7-8-9-10-11-12-13-14-15-16-17-20-23-28-26(29)24-21-18-19-22-25(24)27(30)31-2/h18-19,21-22H,3-17,20,23H2,1-2H3,(H,28,29). The molecular formula is C27H45NO3. The predicted molar refractivity (Wildman–Crippen MR) is 130 cm³/mol. The van der Waals surface area contributed by atoms with E-state index in [1.807, 2.05) is 0 Å². The highest BCUT2D eigenvalue weighted by molar-refractivity contribution is 6.05. The molecule has 0 aliphatic heterocycles. The van der Waals surface area contributed by atoms with Gasteiger partial charge in [0.15, 0.2) is 0 Å². The largest absolute Gasteiger partial charge is 0.465 e. The number of nitrogens with one attached hydrogen (secondary N) is 1. The van der Waals surface area contributed by atoms with E-state index in [-0.39, 0.29) is 5.91 Å². The molecule has 0 radical (unpaired) electrons. The van der Waals surface area contributed by atoms with Crippen LogP contribution < -0.4 is 5.32 Å². The molecule has 1 N–H and O–H groups in total. The van der Waals surface area contributed by atoms with Gasteiger partial charge in [0.2, 0.25) is 0 Å². The van der Waals surface area contributed by atoms with E-state index < -0.39 is 5.97 Å². The van der Waals surface area contributed by atoms with Crippen LogP contribution in [-0.2, 0) is 4.74 Å². The van der Waals surface area contributed by atoms with Gasteiger partial charge in [0, 0.05) is 6.54 Å². The summed E-state index contributed by atoms with van der Waals surface area (Å²) >= 11 is 0. The molecule has 0 aliphatic carbocycles. The number of carbonyl (C=O) groups excluding carboxylic acids is 2. The topological polar surface area (TPSA) is 55.4 Å². The number of esters is 1. The molecule has 0 fully saturated rings. The van der Waals surface area contributed by atoms with Gasteiger partial charge in [-0.2, -0.15) is 0 Å². The van der Waals surface area contributed by atoms with Crippen molar-refractivity contribution in [3.8, 4) is 0 Å². The minimum Gasteiger partial charge on any atom is -0.465 e. The summed E-state index contributed by atoms with van der Waals surface area (Å²) in [5.74, 6) is -0.685. The zero-order valence-electron chi connectivity index (χ0n) is 20.1. The highest BCUT2D eigenvalue weighted by Crippen LogP contribution is 2.14. The van der Waals surface area contributed by atoms with E-state index in [1.165, 1.54) is 97.0 Å². The summed E-state index contributed by atoms with van der Waals surface area (Å²) in [5, 5.41) is 2.92. The van der Waals surface area contributed by atoms with Gasteiger partial charge in [0.25, 0.3) is 5.91 Å². The molecule has 0 spiro atoms. The highest BCUT2D eigenvalue weighted by Gasteiger charge is 2.16. The molecule has 176 valence electrons. The Kier molecular flexibility index (Phi) is 16.6. The molecule has 0 saturated heterocycles. The third-order valence-electron chi connectivity index (χ3n) is 5.89. The molecule has 1 rings (SSSR count). The van der Waals surface area contributed by atoms with Gasteiger partial charge in [-0.05, 0) is 18.6 Å². The molecule has 31 heavy (non-hydrogen) atoms. The summed E-state index contributed by atoms with van der Waals surface area (Å²) in [6, 6.07) is 6.78. The molecule has 4 nitrogen and oxygen atoms in total. The molecule has 0 heterocycles. The van der Waals surface area contributed by atoms with E-state index in [4.69, 9.17) is 4.74 Å². The van der Waals surface area contributed by atoms with Crippen LogP contribution >= 0.6 is 0 Å². The van der Waals surface area contributed by atoms with Crippen LogP contribution in [0.1, 0.15) is 130 Å². The Balaban J connectivity index is 1.93. The Morgan fingerprint density at radius 2 is 1.10 bits per heavy atom. The Hall–Kier alpha value is -1.84. The van der Waals surface area contributed by atoms with Crippen LogP contribution in [-0.4, -0.2) is 25.5 Å². The molecule has 1 aromatic rings. The quantitative estimate of drug-likeness (QED) is 0.183. The predicted octanol–water partition coefficient (Wildman–Crippen LogP) is 7.46. The number of hydrogen-bond acceptors (Lipinski definition) is 3. The number of carbonyl (C=O) groups is 2. The third kappa shape index (κ3) is 13.2. The fraction of sp³-hybridized carbons (Fsp3) is 0.704. The number of methoxy groups -OCH3 is 1. The van der Waals surface area contributed by atoms with Crippen molar-refractivity contribution in [3.63, 3.8) is 0 Å². The van der Waals surface area contributed by atoms with Crippen molar-refractivity contribution in [2.45, 2.75) is 110 Å². The molecular weight excluding hydrogens is 386 g/mol. The molecule has 0 atom stereocenters. The lowest BCUT2D eigenvalue weighted by Gasteiger charge is -2.09. The van der Waals surface area contributed by atoms with Crippen LogP contribution in [0.2, 0.25) is 0 Å². The molecule has 0 unspecified atom stereocenters. The Labute approximate surface area is 190 Å². The second kappa shape index (κ2) is 18.9. The number of benzene rings is 1. The minimum absolute atomic E-state index is 0.207. The summed E-state index contributed by atoms with van der Waals surface area (Å²) in [5.41, 5.74) is 0.695. The first-order valence-corrected chi connectivity index (χ1v) is 12.7. The van der Waals surface area contributed by atoms with Crippen molar-refractivity contribution in [2.24, 2.45) is 0 Å². The van der Waals surface area contributed by atoms with E-state index in [1.54, 1.807) is 24.3 Å². The Morgan fingerprint density at radius 3 is 1.55 bits per heavy atom. The smallest absolute Gasteiger partial charge is 0.338 e. The minimum atomic E-state index is -0.479. The van der Waals surface area contributed by atoms with Crippen molar-refractivity contribution in [1.82, 2.24) is 5.32 Å². The molecule has 0 bridgehead atoms. The summed E-state index contributed by atoms with van der Waals surface area (Å²) in [6.07, 6.45) is 21.4. The normalized spacial score (nSPS) is 10.8. The number of hydrogen-bond donors (Lipinski definition) is 1. The van der Waals surface area contributed by atoms with Crippen molar-refractivity contribution < 1.29 is 14.3 Å². The monoisotopic (exact) mass is 431 g/mol. The van der Waals surface area contributed by atoms with Crippen molar-refractivity contribution in [3.05, 3.63) is 35.4 Å². The van der Waals surface area contributed by atoms with Gasteiger partial charge in [0.05, 0.1) is 18.2 Å². The van der Waals surface area contributed by atoms with Gasteiger partial charge in [0.1, 0.15) is 0 Å². The van der Waals surface area contributed by atoms with E-state index in [0.717, 1.165) is 12.8 Å². The van der Waals surface area contributed by atoms with Crippen LogP contribution in [0.3, 0.4) is 0 Å². The zero-order chi connectivity index (χ0) is 22.6. The van der Waals surface area contributed by atoms with Crippen LogP contribution in [0.5, 0.6) is 0 Å². The van der Waals surface area contributed by atoms with Gasteiger partial charge in [-0.15, -0.1) is 0 Å². The second-order valence-corrected chi connectivity index (χ2v) is 8.60. The lowest BCUT2D eigenvalue weighted by atomic mass is 10.0. The summed E-state index contributed by atoms with van der Waals surface area (Å²) in [6.45, 7) is 2.92. The first kappa shape index (κ1) is 27.2. The summed E-state index contributed by atoms with van der Waals surface area (Å²) < 4.78 is 4.75. The molecule has 1 aromatic carbocycles. The molecule has 0 aromatic heterocycles. The summed E-state index contributed by atoms with van der Waals surface area (Å²) in [4.78, 5) is 24.1. The average molecular weight is 432 g/mol. The zero-order valence-corrected chi connectivity index (χ0v) is 20.1.